The molecular weight excluding hydrogens is 252 g/mol. The zero-order valence-corrected chi connectivity index (χ0v) is 12.0. The van der Waals surface area contributed by atoms with Crippen molar-refractivity contribution in [3.05, 3.63) is 0 Å². The molecule has 0 spiro atoms. The number of alkyl halides is 1. The Morgan fingerprint density at radius 3 is 2.67 bits per heavy atom. The van der Waals surface area contributed by atoms with Gasteiger partial charge in [-0.25, -0.2) is 0 Å². The number of piperazine rings is 1. The van der Waals surface area contributed by atoms with Crippen LogP contribution in [0, 0.1) is 5.92 Å². The third-order valence-electron chi connectivity index (χ3n) is 3.48. The van der Waals surface area contributed by atoms with Crippen molar-refractivity contribution < 1.29 is 0 Å². The van der Waals surface area contributed by atoms with Gasteiger partial charge in [0.1, 0.15) is 0 Å². The summed E-state index contributed by atoms with van der Waals surface area (Å²) < 4.78 is 0. The van der Waals surface area contributed by atoms with Crippen LogP contribution in [0.15, 0.2) is 0 Å². The van der Waals surface area contributed by atoms with Crippen molar-refractivity contribution in [1.29, 1.82) is 0 Å². The first-order valence-electron chi connectivity index (χ1n) is 6.16. The first-order chi connectivity index (χ1) is 7.17. The molecule has 0 saturated carbocycles. The highest BCUT2D eigenvalue weighted by Gasteiger charge is 2.22. The van der Waals surface area contributed by atoms with Gasteiger partial charge in [0.15, 0.2) is 0 Å². The molecule has 1 rings (SSSR count). The topological polar surface area (TPSA) is 6.48 Å². The molecule has 0 N–H and O–H groups in total. The lowest BCUT2D eigenvalue weighted by Gasteiger charge is -2.39. The lowest BCUT2D eigenvalue weighted by atomic mass is 10.0. The van der Waals surface area contributed by atoms with Gasteiger partial charge in [-0.05, 0) is 26.3 Å². The van der Waals surface area contributed by atoms with Crippen LogP contribution in [0.25, 0.3) is 0 Å². The molecule has 90 valence electrons. The molecule has 0 radical (unpaired) electrons. The van der Waals surface area contributed by atoms with Gasteiger partial charge in [-0.1, -0.05) is 29.3 Å². The molecule has 1 fully saturated rings. The largest absolute Gasteiger partial charge is 0.301 e. The first-order valence-corrected chi connectivity index (χ1v) is 7.28. The minimum absolute atomic E-state index is 0.719. The third kappa shape index (κ3) is 4.41. The van der Waals surface area contributed by atoms with Crippen molar-refractivity contribution in [2.45, 2.75) is 32.7 Å². The SMILES string of the molecule is CCCC(CBr)CN1CCN(C)C(C)C1. The zero-order chi connectivity index (χ0) is 11.3. The summed E-state index contributed by atoms with van der Waals surface area (Å²) in [6, 6.07) is 0.719. The molecule has 15 heavy (non-hydrogen) atoms. The Bertz CT molecular complexity index is 175. The Balaban J connectivity index is 2.31. The van der Waals surface area contributed by atoms with E-state index in [0.717, 1.165) is 17.3 Å². The highest BCUT2D eigenvalue weighted by atomic mass is 79.9. The van der Waals surface area contributed by atoms with Crippen molar-refractivity contribution in [2.24, 2.45) is 5.92 Å². The number of hydrogen-bond donors (Lipinski definition) is 0. The van der Waals surface area contributed by atoms with Gasteiger partial charge in [0.05, 0.1) is 0 Å². The van der Waals surface area contributed by atoms with Crippen LogP contribution < -0.4 is 0 Å². The molecular formula is C12H25BrN2. The summed E-state index contributed by atoms with van der Waals surface area (Å²) in [6.07, 6.45) is 2.66. The van der Waals surface area contributed by atoms with Crippen molar-refractivity contribution in [2.75, 3.05) is 38.6 Å². The molecule has 0 aromatic carbocycles. The van der Waals surface area contributed by atoms with Crippen molar-refractivity contribution in [3.63, 3.8) is 0 Å². The predicted octanol–water partition coefficient (Wildman–Crippen LogP) is 2.43. The fourth-order valence-corrected chi connectivity index (χ4v) is 2.81. The molecule has 0 aromatic heterocycles. The van der Waals surface area contributed by atoms with Crippen LogP contribution in [0.5, 0.6) is 0 Å². The van der Waals surface area contributed by atoms with Crippen molar-refractivity contribution in [3.8, 4) is 0 Å². The lowest BCUT2D eigenvalue weighted by Crippen LogP contribution is -2.51. The average molecular weight is 277 g/mol. The average Bonchev–Trinajstić information content (AvgIpc) is 2.23. The number of rotatable bonds is 5. The molecule has 2 atom stereocenters. The summed E-state index contributed by atoms with van der Waals surface area (Å²) in [7, 11) is 2.23. The fraction of sp³-hybridized carbons (Fsp3) is 1.00. The summed E-state index contributed by atoms with van der Waals surface area (Å²) in [6.45, 7) is 9.59. The van der Waals surface area contributed by atoms with E-state index in [1.807, 2.05) is 0 Å². The minimum atomic E-state index is 0.719. The Morgan fingerprint density at radius 2 is 2.13 bits per heavy atom. The van der Waals surface area contributed by atoms with E-state index in [-0.39, 0.29) is 0 Å². The van der Waals surface area contributed by atoms with E-state index in [2.05, 4.69) is 46.6 Å². The van der Waals surface area contributed by atoms with Crippen LogP contribution in [0.4, 0.5) is 0 Å². The second kappa shape index (κ2) is 6.87. The maximum atomic E-state index is 3.63. The molecule has 3 heteroatoms. The smallest absolute Gasteiger partial charge is 0.0192 e. The summed E-state index contributed by atoms with van der Waals surface area (Å²) in [4.78, 5) is 5.09. The highest BCUT2D eigenvalue weighted by Crippen LogP contribution is 2.14. The number of likely N-dealkylation sites (N-methyl/N-ethyl adjacent to an activating group) is 1. The van der Waals surface area contributed by atoms with Gasteiger partial charge in [0.25, 0.3) is 0 Å². The Hall–Kier alpha value is 0.400. The van der Waals surface area contributed by atoms with Gasteiger partial charge in [0, 0.05) is 37.6 Å². The highest BCUT2D eigenvalue weighted by molar-refractivity contribution is 9.09. The molecule has 0 aromatic rings. The fourth-order valence-electron chi connectivity index (χ4n) is 2.28. The van der Waals surface area contributed by atoms with Gasteiger partial charge >= 0.3 is 0 Å². The quantitative estimate of drug-likeness (QED) is 0.712. The number of nitrogens with zero attached hydrogens (tertiary/aromatic N) is 2. The molecule has 2 unspecified atom stereocenters. The van der Waals surface area contributed by atoms with Crippen LogP contribution in [-0.2, 0) is 0 Å². The Labute approximate surface area is 103 Å². The van der Waals surface area contributed by atoms with Crippen LogP contribution in [0.1, 0.15) is 26.7 Å². The molecule has 0 aliphatic carbocycles. The van der Waals surface area contributed by atoms with E-state index in [4.69, 9.17) is 0 Å². The van der Waals surface area contributed by atoms with Gasteiger partial charge in [-0.3, -0.25) is 0 Å². The summed E-state index contributed by atoms with van der Waals surface area (Å²) in [5.41, 5.74) is 0. The predicted molar refractivity (Wildman–Crippen MR) is 70.7 cm³/mol. The van der Waals surface area contributed by atoms with E-state index in [0.29, 0.717) is 0 Å². The van der Waals surface area contributed by atoms with Crippen LogP contribution >= 0.6 is 15.9 Å². The Morgan fingerprint density at radius 1 is 1.40 bits per heavy atom. The molecule has 1 heterocycles. The normalized spacial score (nSPS) is 26.8. The third-order valence-corrected chi connectivity index (χ3v) is 4.39. The maximum absolute atomic E-state index is 3.63. The summed E-state index contributed by atoms with van der Waals surface area (Å²) in [5, 5.41) is 1.15. The molecule has 1 saturated heterocycles. The van der Waals surface area contributed by atoms with E-state index in [1.165, 1.54) is 39.0 Å². The number of hydrogen-bond acceptors (Lipinski definition) is 2. The van der Waals surface area contributed by atoms with Crippen LogP contribution in [0.2, 0.25) is 0 Å². The van der Waals surface area contributed by atoms with E-state index < -0.39 is 0 Å². The van der Waals surface area contributed by atoms with E-state index in [1.54, 1.807) is 0 Å². The van der Waals surface area contributed by atoms with Crippen LogP contribution in [0.3, 0.4) is 0 Å². The zero-order valence-electron chi connectivity index (χ0n) is 10.4. The number of halogens is 1. The second-order valence-electron chi connectivity index (χ2n) is 4.90. The Kier molecular flexibility index (Phi) is 6.17. The maximum Gasteiger partial charge on any atom is 0.0192 e. The second-order valence-corrected chi connectivity index (χ2v) is 5.55. The monoisotopic (exact) mass is 276 g/mol. The van der Waals surface area contributed by atoms with E-state index in [9.17, 15) is 0 Å². The first kappa shape index (κ1) is 13.5. The van der Waals surface area contributed by atoms with Crippen molar-refractivity contribution >= 4 is 15.9 Å². The summed E-state index contributed by atoms with van der Waals surface area (Å²) in [5.74, 6) is 0.839. The van der Waals surface area contributed by atoms with E-state index >= 15 is 0 Å². The summed E-state index contributed by atoms with van der Waals surface area (Å²) >= 11 is 3.63. The molecule has 0 amide bonds. The molecule has 1 aliphatic heterocycles. The van der Waals surface area contributed by atoms with Gasteiger partial charge in [-0.15, -0.1) is 0 Å². The molecule has 0 bridgehead atoms. The standard InChI is InChI=1S/C12H25BrN2/c1-4-5-12(8-13)10-15-7-6-14(3)11(2)9-15/h11-12H,4-10H2,1-3H3. The molecule has 1 aliphatic rings. The van der Waals surface area contributed by atoms with Gasteiger partial charge in [-0.2, -0.15) is 0 Å². The van der Waals surface area contributed by atoms with Crippen molar-refractivity contribution in [1.82, 2.24) is 9.80 Å². The van der Waals surface area contributed by atoms with Gasteiger partial charge in [0.2, 0.25) is 0 Å². The minimum Gasteiger partial charge on any atom is -0.301 e. The lowest BCUT2D eigenvalue weighted by molar-refractivity contribution is 0.0938. The van der Waals surface area contributed by atoms with Crippen LogP contribution in [-0.4, -0.2) is 54.4 Å². The molecule has 2 nitrogen and oxygen atoms in total. The van der Waals surface area contributed by atoms with Gasteiger partial charge < -0.3 is 9.80 Å².